The van der Waals surface area contributed by atoms with E-state index in [4.69, 9.17) is 4.74 Å². The zero-order valence-corrected chi connectivity index (χ0v) is 18.2. The van der Waals surface area contributed by atoms with Crippen LogP contribution in [0.25, 0.3) is 0 Å². The molecular formula is C19H25F2IN4O2. The summed E-state index contributed by atoms with van der Waals surface area (Å²) in [5.74, 6) is 0.882. The van der Waals surface area contributed by atoms with E-state index >= 15 is 0 Å². The maximum Gasteiger partial charge on any atom is 0.387 e. The number of ether oxygens (including phenoxy) is 2. The van der Waals surface area contributed by atoms with Gasteiger partial charge in [0, 0.05) is 38.1 Å². The molecule has 2 N–H and O–H groups in total. The number of nitrogens with one attached hydrogen (secondary N) is 2. The summed E-state index contributed by atoms with van der Waals surface area (Å²) in [5.41, 5.74) is 1.66. The second-order valence-electron chi connectivity index (χ2n) is 5.52. The third-order valence-electron chi connectivity index (χ3n) is 3.67. The number of guanidine groups is 1. The molecule has 0 spiro atoms. The molecule has 0 aliphatic carbocycles. The van der Waals surface area contributed by atoms with E-state index in [1.54, 1.807) is 38.4 Å². The van der Waals surface area contributed by atoms with Crippen molar-refractivity contribution in [2.75, 3.05) is 20.2 Å². The van der Waals surface area contributed by atoms with Crippen LogP contribution in [0.15, 0.2) is 47.7 Å². The Morgan fingerprint density at radius 3 is 2.68 bits per heavy atom. The second-order valence-corrected chi connectivity index (χ2v) is 5.52. The number of benzene rings is 1. The highest BCUT2D eigenvalue weighted by atomic mass is 127. The van der Waals surface area contributed by atoms with Gasteiger partial charge in [0.1, 0.15) is 0 Å². The predicted molar refractivity (Wildman–Crippen MR) is 116 cm³/mol. The number of pyridine rings is 1. The lowest BCUT2D eigenvalue weighted by Gasteiger charge is -2.17. The molecule has 0 atom stereocenters. The normalized spacial score (nSPS) is 11.0. The fourth-order valence-corrected chi connectivity index (χ4v) is 2.46. The van der Waals surface area contributed by atoms with Gasteiger partial charge in [-0.3, -0.25) is 9.98 Å². The maximum atomic E-state index is 12.8. The van der Waals surface area contributed by atoms with Gasteiger partial charge >= 0.3 is 6.61 Å². The van der Waals surface area contributed by atoms with Crippen LogP contribution in [-0.4, -0.2) is 37.8 Å². The minimum absolute atomic E-state index is 0. The monoisotopic (exact) mass is 506 g/mol. The van der Waals surface area contributed by atoms with Gasteiger partial charge < -0.3 is 20.1 Å². The Bertz CT molecular complexity index is 733. The number of aromatic nitrogens is 1. The standard InChI is InChI=1S/C19H24F2N4O2.HI/c1-3-26-16-8-4-7-15(17(16)27-18(20)21)13-25-19(22-2)24-11-9-14-6-5-10-23-12-14;/h4-8,10,12,18H,3,9,11,13H2,1-2H3,(H2,22,24,25);1H. The third-order valence-corrected chi connectivity index (χ3v) is 3.67. The Morgan fingerprint density at radius 2 is 2.04 bits per heavy atom. The summed E-state index contributed by atoms with van der Waals surface area (Å²) in [6.07, 6.45) is 4.33. The molecule has 154 valence electrons. The van der Waals surface area contributed by atoms with Gasteiger partial charge in [-0.15, -0.1) is 24.0 Å². The van der Waals surface area contributed by atoms with Crippen molar-refractivity contribution in [1.82, 2.24) is 15.6 Å². The van der Waals surface area contributed by atoms with Crippen LogP contribution in [0.5, 0.6) is 11.5 Å². The van der Waals surface area contributed by atoms with Crippen molar-refractivity contribution >= 4 is 29.9 Å². The summed E-state index contributed by atoms with van der Waals surface area (Å²) in [4.78, 5) is 8.22. The molecule has 2 rings (SSSR count). The summed E-state index contributed by atoms with van der Waals surface area (Å²) in [5, 5.41) is 6.28. The highest BCUT2D eigenvalue weighted by Gasteiger charge is 2.15. The van der Waals surface area contributed by atoms with Gasteiger partial charge in [0.25, 0.3) is 0 Å². The van der Waals surface area contributed by atoms with Crippen LogP contribution in [-0.2, 0) is 13.0 Å². The molecule has 0 saturated carbocycles. The Hall–Kier alpha value is -2.17. The molecule has 0 bridgehead atoms. The average Bonchev–Trinajstić information content (AvgIpc) is 2.67. The van der Waals surface area contributed by atoms with Crippen molar-refractivity contribution in [3.63, 3.8) is 0 Å². The van der Waals surface area contributed by atoms with Crippen molar-refractivity contribution in [2.24, 2.45) is 4.99 Å². The minimum Gasteiger partial charge on any atom is -0.490 e. The van der Waals surface area contributed by atoms with Gasteiger partial charge in [0.15, 0.2) is 17.5 Å². The molecule has 0 unspecified atom stereocenters. The highest BCUT2D eigenvalue weighted by Crippen LogP contribution is 2.32. The molecule has 1 aromatic heterocycles. The molecule has 0 saturated heterocycles. The number of para-hydroxylation sites is 1. The second kappa shape index (κ2) is 13.1. The lowest BCUT2D eigenvalue weighted by molar-refractivity contribution is -0.0520. The van der Waals surface area contributed by atoms with E-state index in [0.29, 0.717) is 24.7 Å². The molecule has 1 heterocycles. The van der Waals surface area contributed by atoms with Crippen LogP contribution in [0.2, 0.25) is 0 Å². The third kappa shape index (κ3) is 7.83. The maximum absolute atomic E-state index is 12.8. The topological polar surface area (TPSA) is 67.8 Å². The number of halogens is 3. The van der Waals surface area contributed by atoms with E-state index < -0.39 is 6.61 Å². The number of hydrogen-bond acceptors (Lipinski definition) is 4. The largest absolute Gasteiger partial charge is 0.490 e. The fourth-order valence-electron chi connectivity index (χ4n) is 2.46. The van der Waals surface area contributed by atoms with E-state index in [1.807, 2.05) is 18.3 Å². The number of nitrogens with zero attached hydrogens (tertiary/aromatic N) is 2. The first kappa shape index (κ1) is 23.9. The van der Waals surface area contributed by atoms with Crippen LogP contribution >= 0.6 is 24.0 Å². The molecule has 0 fully saturated rings. The van der Waals surface area contributed by atoms with Crippen LogP contribution in [0.1, 0.15) is 18.1 Å². The molecule has 0 amide bonds. The van der Waals surface area contributed by atoms with Crippen LogP contribution in [0, 0.1) is 0 Å². The summed E-state index contributed by atoms with van der Waals surface area (Å²) in [6.45, 7) is 0.127. The quantitative estimate of drug-likeness (QED) is 0.309. The lowest BCUT2D eigenvalue weighted by Crippen LogP contribution is -2.38. The zero-order chi connectivity index (χ0) is 19.5. The zero-order valence-electron chi connectivity index (χ0n) is 15.8. The van der Waals surface area contributed by atoms with E-state index in [-0.39, 0.29) is 42.0 Å². The van der Waals surface area contributed by atoms with Crippen molar-refractivity contribution < 1.29 is 18.3 Å². The first-order valence-electron chi connectivity index (χ1n) is 8.67. The average molecular weight is 506 g/mol. The molecule has 28 heavy (non-hydrogen) atoms. The number of aliphatic imine (C=N–C) groups is 1. The summed E-state index contributed by atoms with van der Waals surface area (Å²) >= 11 is 0. The van der Waals surface area contributed by atoms with Gasteiger partial charge in [-0.05, 0) is 31.0 Å². The number of rotatable bonds is 9. The van der Waals surface area contributed by atoms with Crippen LogP contribution in [0.3, 0.4) is 0 Å². The molecular weight excluding hydrogens is 481 g/mol. The van der Waals surface area contributed by atoms with E-state index in [9.17, 15) is 8.78 Å². The smallest absolute Gasteiger partial charge is 0.387 e. The van der Waals surface area contributed by atoms with Crippen molar-refractivity contribution in [2.45, 2.75) is 26.5 Å². The lowest BCUT2D eigenvalue weighted by atomic mass is 10.2. The van der Waals surface area contributed by atoms with Crippen LogP contribution < -0.4 is 20.1 Å². The van der Waals surface area contributed by atoms with E-state index in [0.717, 1.165) is 12.0 Å². The molecule has 6 nitrogen and oxygen atoms in total. The van der Waals surface area contributed by atoms with Crippen molar-refractivity contribution in [3.8, 4) is 11.5 Å². The van der Waals surface area contributed by atoms with Gasteiger partial charge in [-0.25, -0.2) is 0 Å². The minimum atomic E-state index is -2.93. The Labute approximate surface area is 180 Å². The van der Waals surface area contributed by atoms with Crippen molar-refractivity contribution in [1.29, 1.82) is 0 Å². The molecule has 0 aliphatic heterocycles. The Balaban J connectivity index is 0.00000392. The molecule has 9 heteroatoms. The van der Waals surface area contributed by atoms with E-state index in [2.05, 4.69) is 25.3 Å². The number of hydrogen-bond donors (Lipinski definition) is 2. The molecule has 0 radical (unpaired) electrons. The summed E-state index contributed by atoms with van der Waals surface area (Å²) in [6, 6.07) is 8.93. The summed E-state index contributed by atoms with van der Waals surface area (Å²) < 4.78 is 35.6. The van der Waals surface area contributed by atoms with Gasteiger partial charge in [-0.1, -0.05) is 18.2 Å². The fraction of sp³-hybridized carbons (Fsp3) is 0.368. The summed E-state index contributed by atoms with van der Waals surface area (Å²) in [7, 11) is 1.65. The molecule has 2 aromatic rings. The van der Waals surface area contributed by atoms with Gasteiger partial charge in [-0.2, -0.15) is 8.78 Å². The molecule has 0 aliphatic rings. The van der Waals surface area contributed by atoms with Gasteiger partial charge in [0.05, 0.1) is 6.61 Å². The Morgan fingerprint density at radius 1 is 1.21 bits per heavy atom. The predicted octanol–water partition coefficient (Wildman–Crippen LogP) is 3.61. The Kier molecular flexibility index (Phi) is 11.2. The molecule has 1 aromatic carbocycles. The highest BCUT2D eigenvalue weighted by molar-refractivity contribution is 14.0. The SMILES string of the molecule is CCOc1cccc(CNC(=NC)NCCc2cccnc2)c1OC(F)F.I. The number of alkyl halides is 2. The van der Waals surface area contributed by atoms with Crippen LogP contribution in [0.4, 0.5) is 8.78 Å². The van der Waals surface area contributed by atoms with E-state index in [1.165, 1.54) is 0 Å². The van der Waals surface area contributed by atoms with Gasteiger partial charge in [0.2, 0.25) is 0 Å². The first-order chi connectivity index (χ1) is 13.1. The van der Waals surface area contributed by atoms with Crippen molar-refractivity contribution in [3.05, 3.63) is 53.9 Å². The first-order valence-corrected chi connectivity index (χ1v) is 8.67.